The van der Waals surface area contributed by atoms with E-state index in [-0.39, 0.29) is 12.3 Å². The predicted octanol–water partition coefficient (Wildman–Crippen LogP) is 4.01. The highest BCUT2D eigenvalue weighted by atomic mass is 35.5. The zero-order chi connectivity index (χ0) is 21.7. The van der Waals surface area contributed by atoms with Crippen LogP contribution in [0, 0.1) is 0 Å². The summed E-state index contributed by atoms with van der Waals surface area (Å²) in [5.74, 6) is -0.0680. The van der Waals surface area contributed by atoms with Gasteiger partial charge in [0.25, 0.3) is 0 Å². The fraction of sp³-hybridized carbons (Fsp3) is 0.286. The van der Waals surface area contributed by atoms with Crippen molar-refractivity contribution in [3.05, 3.63) is 53.1 Å². The van der Waals surface area contributed by atoms with Crippen molar-refractivity contribution < 1.29 is 24.2 Å². The van der Waals surface area contributed by atoms with Gasteiger partial charge in [-0.05, 0) is 48.4 Å². The molecule has 1 aliphatic heterocycles. The first-order chi connectivity index (χ1) is 14.4. The van der Waals surface area contributed by atoms with Crippen LogP contribution in [-0.2, 0) is 16.0 Å². The fourth-order valence-electron chi connectivity index (χ4n) is 2.96. The molecule has 0 aromatic heterocycles. The molecular formula is C21H21ClN2O5S. The topological polar surface area (TPSA) is 88.4 Å². The van der Waals surface area contributed by atoms with Crippen molar-refractivity contribution in [3.8, 4) is 11.5 Å². The van der Waals surface area contributed by atoms with Gasteiger partial charge in [-0.2, -0.15) is 0 Å². The van der Waals surface area contributed by atoms with E-state index in [1.54, 1.807) is 38.5 Å². The highest BCUT2D eigenvalue weighted by Crippen LogP contribution is 2.31. The zero-order valence-corrected chi connectivity index (χ0v) is 18.1. The molecule has 0 unspecified atom stereocenters. The maximum absolute atomic E-state index is 12.7. The lowest BCUT2D eigenvalue weighted by molar-refractivity contribution is -0.139. The molecule has 0 radical (unpaired) electrons. The van der Waals surface area contributed by atoms with Crippen molar-refractivity contribution in [2.45, 2.75) is 18.1 Å². The molecule has 158 valence electrons. The van der Waals surface area contributed by atoms with Crippen molar-refractivity contribution in [2.75, 3.05) is 20.8 Å². The Morgan fingerprint density at radius 3 is 2.53 bits per heavy atom. The largest absolute Gasteiger partial charge is 0.493 e. The second-order valence-corrected chi connectivity index (χ2v) is 8.11. The molecule has 1 saturated heterocycles. The van der Waals surface area contributed by atoms with E-state index in [2.05, 4.69) is 4.99 Å². The molecule has 0 spiro atoms. The molecule has 0 bridgehead atoms. The lowest BCUT2D eigenvalue weighted by atomic mass is 10.1. The average molecular weight is 449 g/mol. The lowest BCUT2D eigenvalue weighted by Crippen LogP contribution is -2.44. The predicted molar refractivity (Wildman–Crippen MR) is 117 cm³/mol. The van der Waals surface area contributed by atoms with E-state index >= 15 is 0 Å². The van der Waals surface area contributed by atoms with Crippen LogP contribution in [0.1, 0.15) is 12.0 Å². The molecule has 1 fully saturated rings. The third-order valence-corrected chi connectivity index (χ3v) is 5.97. The van der Waals surface area contributed by atoms with E-state index < -0.39 is 11.2 Å². The summed E-state index contributed by atoms with van der Waals surface area (Å²) in [5.41, 5.74) is 1.55. The van der Waals surface area contributed by atoms with Crippen LogP contribution in [0.15, 0.2) is 47.5 Å². The molecule has 1 amide bonds. The minimum atomic E-state index is -1.03. The molecular weight excluding hydrogens is 428 g/mol. The van der Waals surface area contributed by atoms with E-state index in [0.717, 1.165) is 17.3 Å². The highest BCUT2D eigenvalue weighted by Gasteiger charge is 2.35. The smallest absolute Gasteiger partial charge is 0.317 e. The van der Waals surface area contributed by atoms with Crippen LogP contribution >= 0.6 is 23.4 Å². The first kappa shape index (κ1) is 22.0. The molecule has 1 aliphatic rings. The average Bonchev–Trinajstić information content (AvgIpc) is 2.74. The summed E-state index contributed by atoms with van der Waals surface area (Å²) in [5, 5.41) is 9.46. The number of aliphatic imine (C=N–C) groups is 1. The number of hydrogen-bond donors (Lipinski definition) is 1. The summed E-state index contributed by atoms with van der Waals surface area (Å²) >= 11 is 7.00. The minimum Gasteiger partial charge on any atom is -0.493 e. The van der Waals surface area contributed by atoms with Crippen LogP contribution in [-0.4, -0.2) is 53.1 Å². The molecule has 0 aliphatic carbocycles. The third-order valence-electron chi connectivity index (χ3n) is 4.54. The van der Waals surface area contributed by atoms with E-state index in [9.17, 15) is 14.7 Å². The van der Waals surface area contributed by atoms with Crippen molar-refractivity contribution in [1.29, 1.82) is 0 Å². The summed E-state index contributed by atoms with van der Waals surface area (Å²) in [4.78, 5) is 30.2. The second kappa shape index (κ2) is 9.86. The number of ether oxygens (including phenoxy) is 2. The number of benzene rings is 2. The Kier molecular flexibility index (Phi) is 7.23. The Labute approximate surface area is 183 Å². The third kappa shape index (κ3) is 5.25. The number of nitrogens with zero attached hydrogens (tertiary/aromatic N) is 2. The van der Waals surface area contributed by atoms with Crippen LogP contribution in [0.25, 0.3) is 0 Å². The summed E-state index contributed by atoms with van der Waals surface area (Å²) in [6, 6.07) is 12.4. The van der Waals surface area contributed by atoms with Crippen molar-refractivity contribution in [1.82, 2.24) is 4.90 Å². The summed E-state index contributed by atoms with van der Waals surface area (Å²) in [6.45, 7) is 0.361. The zero-order valence-electron chi connectivity index (χ0n) is 16.5. The summed E-state index contributed by atoms with van der Waals surface area (Å²) < 4.78 is 10.6. The number of carbonyl (C=O) groups excluding carboxylic acids is 1. The maximum Gasteiger partial charge on any atom is 0.317 e. The molecule has 2 aromatic carbocycles. The van der Waals surface area contributed by atoms with Crippen molar-refractivity contribution in [2.24, 2.45) is 4.99 Å². The number of halogens is 1. The number of amidine groups is 1. The molecule has 1 heterocycles. The number of carboxylic acids is 1. The van der Waals surface area contributed by atoms with E-state index in [1.165, 1.54) is 4.90 Å². The number of carboxylic acid groups (broad SMARTS) is 1. The van der Waals surface area contributed by atoms with Gasteiger partial charge in [-0.25, -0.2) is 4.99 Å². The first-order valence-electron chi connectivity index (χ1n) is 9.16. The molecule has 0 saturated carbocycles. The Morgan fingerprint density at radius 2 is 1.90 bits per heavy atom. The van der Waals surface area contributed by atoms with Crippen molar-refractivity contribution >= 4 is 46.1 Å². The first-order valence-corrected chi connectivity index (χ1v) is 10.4. The van der Waals surface area contributed by atoms with Gasteiger partial charge in [-0.1, -0.05) is 29.4 Å². The number of methoxy groups -OCH3 is 2. The van der Waals surface area contributed by atoms with E-state index in [0.29, 0.717) is 40.3 Å². The van der Waals surface area contributed by atoms with Gasteiger partial charge < -0.3 is 14.6 Å². The van der Waals surface area contributed by atoms with Crippen LogP contribution in [0.3, 0.4) is 0 Å². The minimum absolute atomic E-state index is 0.0778. The molecule has 30 heavy (non-hydrogen) atoms. The number of aliphatic carboxylic acids is 1. The highest BCUT2D eigenvalue weighted by molar-refractivity contribution is 8.15. The number of rotatable bonds is 7. The van der Waals surface area contributed by atoms with Crippen LogP contribution < -0.4 is 9.47 Å². The normalized spacial score (nSPS) is 17.8. The van der Waals surface area contributed by atoms with Gasteiger partial charge in [0, 0.05) is 11.6 Å². The summed E-state index contributed by atoms with van der Waals surface area (Å²) in [7, 11) is 3.13. The van der Waals surface area contributed by atoms with Gasteiger partial charge in [0.1, 0.15) is 5.25 Å². The quantitative estimate of drug-likeness (QED) is 0.688. The molecule has 7 nitrogen and oxygen atoms in total. The Hall–Kier alpha value is -2.71. The summed E-state index contributed by atoms with van der Waals surface area (Å²) in [6.07, 6.45) is 0.468. The Bertz CT molecular complexity index is 964. The molecule has 3 rings (SSSR count). The molecule has 2 aromatic rings. The van der Waals surface area contributed by atoms with Crippen LogP contribution in [0.5, 0.6) is 11.5 Å². The second-order valence-electron chi connectivity index (χ2n) is 6.50. The monoisotopic (exact) mass is 448 g/mol. The molecule has 1 N–H and O–H groups in total. The Morgan fingerprint density at radius 1 is 1.20 bits per heavy atom. The van der Waals surface area contributed by atoms with Crippen molar-refractivity contribution in [3.63, 3.8) is 0 Å². The Balaban J connectivity index is 1.83. The molecule has 9 heteroatoms. The van der Waals surface area contributed by atoms with Gasteiger partial charge in [-0.3, -0.25) is 14.5 Å². The van der Waals surface area contributed by atoms with Crippen LogP contribution in [0.4, 0.5) is 5.69 Å². The van der Waals surface area contributed by atoms with Gasteiger partial charge in [0.05, 0.1) is 26.3 Å². The van der Waals surface area contributed by atoms with E-state index in [4.69, 9.17) is 21.1 Å². The van der Waals surface area contributed by atoms with Gasteiger partial charge >= 0.3 is 5.97 Å². The number of carbonyl (C=O) groups is 2. The van der Waals surface area contributed by atoms with Gasteiger partial charge in [0.2, 0.25) is 5.91 Å². The van der Waals surface area contributed by atoms with Crippen LogP contribution in [0.2, 0.25) is 5.02 Å². The molecule has 1 atom stereocenters. The van der Waals surface area contributed by atoms with Gasteiger partial charge in [-0.15, -0.1) is 0 Å². The maximum atomic E-state index is 12.7. The fourth-order valence-corrected chi connectivity index (χ4v) is 4.14. The van der Waals surface area contributed by atoms with E-state index in [1.807, 2.05) is 18.2 Å². The number of thioether (sulfide) groups is 1. The lowest BCUT2D eigenvalue weighted by Gasteiger charge is -2.30. The number of hydrogen-bond acceptors (Lipinski definition) is 6. The SMILES string of the molecule is COc1ccc(CCN2C(=O)C[C@H](C(=O)O)SC2=Nc2ccc(Cl)cc2)cc1OC. The standard InChI is InChI=1S/C21H21ClN2O5S/c1-28-16-8-3-13(11-17(16)29-2)9-10-24-19(25)12-18(20(26)27)30-21(24)23-15-6-4-14(22)5-7-15/h3-8,11,18H,9-10,12H2,1-2H3,(H,26,27)/t18-/m1/s1. The number of amides is 1. The van der Waals surface area contributed by atoms with Gasteiger partial charge in [0.15, 0.2) is 16.7 Å².